The van der Waals surface area contributed by atoms with E-state index in [1.165, 1.54) is 37.4 Å². The van der Waals surface area contributed by atoms with Gasteiger partial charge in [-0.05, 0) is 61.2 Å². The van der Waals surface area contributed by atoms with Crippen LogP contribution in [0.2, 0.25) is 0 Å². The molecule has 1 aromatic heterocycles. The molecular formula is C26H32F2N4O4S. The van der Waals surface area contributed by atoms with E-state index in [1.54, 1.807) is 37.5 Å². The molecule has 0 atom stereocenters. The average molecular weight is 535 g/mol. The molecule has 0 unspecified atom stereocenters. The third-order valence-corrected chi connectivity index (χ3v) is 8.35. The molecule has 37 heavy (non-hydrogen) atoms. The summed E-state index contributed by atoms with van der Waals surface area (Å²) in [4.78, 5) is 16.4. The Morgan fingerprint density at radius 2 is 1.81 bits per heavy atom. The van der Waals surface area contributed by atoms with E-state index in [0.29, 0.717) is 42.2 Å². The van der Waals surface area contributed by atoms with Crippen molar-refractivity contribution in [1.82, 2.24) is 9.55 Å². The van der Waals surface area contributed by atoms with E-state index in [-0.39, 0.29) is 22.5 Å². The summed E-state index contributed by atoms with van der Waals surface area (Å²) >= 11 is 0. The van der Waals surface area contributed by atoms with Crippen LogP contribution in [0.15, 0.2) is 47.4 Å². The smallest absolute Gasteiger partial charge is 0.295 e. The number of sulfonamides is 1. The molecular weight excluding hydrogens is 502 g/mol. The molecule has 2 aromatic carbocycles. The van der Waals surface area contributed by atoms with Gasteiger partial charge in [0.15, 0.2) is 5.82 Å². The van der Waals surface area contributed by atoms with Crippen LogP contribution in [0, 0.1) is 11.3 Å². The Balaban J connectivity index is 1.59. The second-order valence-corrected chi connectivity index (χ2v) is 12.3. The highest BCUT2D eigenvalue weighted by Crippen LogP contribution is 2.31. The lowest BCUT2D eigenvalue weighted by Gasteiger charge is -2.23. The number of carbonyl (C=O) groups is 1. The number of hydrogen-bond donors (Lipinski definition) is 1. The van der Waals surface area contributed by atoms with Crippen LogP contribution in [0.25, 0.3) is 11.0 Å². The lowest BCUT2D eigenvalue weighted by Crippen LogP contribution is -2.28. The highest BCUT2D eigenvalue weighted by molar-refractivity contribution is 7.92. The van der Waals surface area contributed by atoms with Crippen molar-refractivity contribution in [3.05, 3.63) is 48.3 Å². The molecule has 2 heterocycles. The maximum absolute atomic E-state index is 13.8. The van der Waals surface area contributed by atoms with Gasteiger partial charge in [0.1, 0.15) is 0 Å². The molecule has 0 saturated carbocycles. The highest BCUT2D eigenvalue weighted by atomic mass is 32.2. The summed E-state index contributed by atoms with van der Waals surface area (Å²) in [5, 5.41) is 2.76. The summed E-state index contributed by atoms with van der Waals surface area (Å²) in [5.41, 5.74) is 1.04. The van der Waals surface area contributed by atoms with Gasteiger partial charge in [-0.2, -0.15) is 0 Å². The minimum absolute atomic E-state index is 0.0298. The molecule has 8 nitrogen and oxygen atoms in total. The molecule has 200 valence electrons. The number of aromatic nitrogens is 2. The Hall–Kier alpha value is -3.05. The Labute approximate surface area is 215 Å². The first-order chi connectivity index (χ1) is 17.4. The molecule has 0 bridgehead atoms. The molecule has 0 radical (unpaired) electrons. The number of nitrogens with one attached hydrogen (secondary N) is 1. The van der Waals surface area contributed by atoms with Gasteiger partial charge in [0, 0.05) is 37.9 Å². The minimum Gasteiger partial charge on any atom is -0.381 e. The molecule has 0 spiro atoms. The summed E-state index contributed by atoms with van der Waals surface area (Å²) in [5.74, 6) is -0.299. The van der Waals surface area contributed by atoms with Crippen LogP contribution < -0.4 is 9.62 Å². The Morgan fingerprint density at radius 3 is 2.41 bits per heavy atom. The zero-order chi connectivity index (χ0) is 27.0. The fourth-order valence-electron chi connectivity index (χ4n) is 4.20. The number of ether oxygens (including phenoxy) is 1. The van der Waals surface area contributed by atoms with E-state index >= 15 is 0 Å². The number of imidazole rings is 1. The molecule has 4 rings (SSSR count). The van der Waals surface area contributed by atoms with Gasteiger partial charge in [0.05, 0.1) is 21.6 Å². The van der Waals surface area contributed by atoms with E-state index < -0.39 is 21.9 Å². The summed E-state index contributed by atoms with van der Waals surface area (Å²) < 4.78 is 62.2. The predicted octanol–water partition coefficient (Wildman–Crippen LogP) is 5.21. The fraction of sp³-hybridized carbons (Fsp3) is 0.462. The quantitative estimate of drug-likeness (QED) is 0.449. The second-order valence-electron chi connectivity index (χ2n) is 10.3. The lowest BCUT2D eigenvalue weighted by atomic mass is 9.95. The standard InChI is InChI=1S/C26H32F2N4O4S/c1-26(2,3)25(33)29-18-5-8-20(9-6-18)37(34,35)31(4)19-7-10-22-21(15-19)30-24(23(27)28)32(22)16-17-11-13-36-14-12-17/h5-10,15,17,23H,11-14,16H2,1-4H3,(H,29,33). The first-order valence-corrected chi connectivity index (χ1v) is 13.6. The third-order valence-electron chi connectivity index (χ3n) is 6.55. The Bertz CT molecular complexity index is 1380. The topological polar surface area (TPSA) is 93.5 Å². The number of halogens is 2. The molecule has 1 amide bonds. The van der Waals surface area contributed by atoms with E-state index in [1.807, 2.05) is 0 Å². The van der Waals surface area contributed by atoms with Gasteiger partial charge in [-0.15, -0.1) is 0 Å². The molecule has 1 aliphatic rings. The number of anilines is 2. The van der Waals surface area contributed by atoms with Gasteiger partial charge in [-0.3, -0.25) is 9.10 Å². The number of fused-ring (bicyclic) bond motifs is 1. The number of carbonyl (C=O) groups excluding carboxylic acids is 1. The largest absolute Gasteiger partial charge is 0.381 e. The number of rotatable bonds is 7. The van der Waals surface area contributed by atoms with Crippen LogP contribution in [0.3, 0.4) is 0 Å². The zero-order valence-electron chi connectivity index (χ0n) is 21.4. The fourth-order valence-corrected chi connectivity index (χ4v) is 5.39. The summed E-state index contributed by atoms with van der Waals surface area (Å²) in [6.45, 7) is 6.98. The molecule has 0 aliphatic carbocycles. The maximum atomic E-state index is 13.8. The summed E-state index contributed by atoms with van der Waals surface area (Å²) in [6.07, 6.45) is -1.17. The van der Waals surface area contributed by atoms with Crippen molar-refractivity contribution < 1.29 is 26.7 Å². The molecule has 11 heteroatoms. The van der Waals surface area contributed by atoms with Gasteiger partial charge >= 0.3 is 0 Å². The van der Waals surface area contributed by atoms with Crippen LogP contribution in [0.4, 0.5) is 20.2 Å². The molecule has 1 aliphatic heterocycles. The zero-order valence-corrected chi connectivity index (χ0v) is 22.2. The Morgan fingerprint density at radius 1 is 1.16 bits per heavy atom. The molecule has 1 N–H and O–H groups in total. The first kappa shape index (κ1) is 27.0. The number of amides is 1. The van der Waals surface area contributed by atoms with E-state index in [2.05, 4.69) is 10.3 Å². The lowest BCUT2D eigenvalue weighted by molar-refractivity contribution is -0.123. The van der Waals surface area contributed by atoms with Crippen LogP contribution in [-0.4, -0.2) is 44.1 Å². The van der Waals surface area contributed by atoms with E-state index in [9.17, 15) is 22.0 Å². The summed E-state index contributed by atoms with van der Waals surface area (Å²) in [6, 6.07) is 10.6. The van der Waals surface area contributed by atoms with Gasteiger partial charge in [0.2, 0.25) is 5.91 Å². The van der Waals surface area contributed by atoms with Crippen molar-refractivity contribution in [2.75, 3.05) is 29.9 Å². The van der Waals surface area contributed by atoms with Crippen molar-refractivity contribution in [3.63, 3.8) is 0 Å². The number of hydrogen-bond acceptors (Lipinski definition) is 5. The van der Waals surface area contributed by atoms with Crippen LogP contribution in [-0.2, 0) is 26.1 Å². The van der Waals surface area contributed by atoms with Gasteiger partial charge in [0.25, 0.3) is 16.4 Å². The highest BCUT2D eigenvalue weighted by Gasteiger charge is 2.26. The first-order valence-electron chi connectivity index (χ1n) is 12.1. The minimum atomic E-state index is -3.95. The third kappa shape index (κ3) is 5.77. The molecule has 3 aromatic rings. The van der Waals surface area contributed by atoms with Crippen molar-refractivity contribution in [2.24, 2.45) is 11.3 Å². The molecule has 1 saturated heterocycles. The number of alkyl halides is 2. The monoisotopic (exact) mass is 534 g/mol. The van der Waals surface area contributed by atoms with Crippen LogP contribution >= 0.6 is 0 Å². The van der Waals surface area contributed by atoms with Gasteiger partial charge in [-0.1, -0.05) is 20.8 Å². The van der Waals surface area contributed by atoms with Crippen molar-refractivity contribution in [2.45, 2.75) is 51.5 Å². The average Bonchev–Trinajstić information content (AvgIpc) is 3.21. The number of benzene rings is 2. The summed E-state index contributed by atoms with van der Waals surface area (Å²) in [7, 11) is -2.55. The molecule has 1 fully saturated rings. The maximum Gasteiger partial charge on any atom is 0.295 e. The Kier molecular flexibility index (Phi) is 7.57. The second kappa shape index (κ2) is 10.4. The van der Waals surface area contributed by atoms with Gasteiger partial charge < -0.3 is 14.6 Å². The van der Waals surface area contributed by atoms with Crippen molar-refractivity contribution in [3.8, 4) is 0 Å². The van der Waals surface area contributed by atoms with Crippen molar-refractivity contribution in [1.29, 1.82) is 0 Å². The van der Waals surface area contributed by atoms with Crippen molar-refractivity contribution >= 4 is 38.3 Å². The predicted molar refractivity (Wildman–Crippen MR) is 138 cm³/mol. The SMILES string of the molecule is CN(c1ccc2c(c1)nc(C(F)F)n2CC1CCOCC1)S(=O)(=O)c1ccc(NC(=O)C(C)(C)C)cc1. The van der Waals surface area contributed by atoms with Crippen LogP contribution in [0.1, 0.15) is 45.9 Å². The van der Waals surface area contributed by atoms with Crippen LogP contribution in [0.5, 0.6) is 0 Å². The van der Waals surface area contributed by atoms with E-state index in [4.69, 9.17) is 4.74 Å². The normalized spacial score (nSPS) is 15.3. The van der Waals surface area contributed by atoms with E-state index in [0.717, 1.165) is 17.1 Å². The van der Waals surface area contributed by atoms with Gasteiger partial charge in [-0.25, -0.2) is 22.2 Å². The number of nitrogens with zero attached hydrogens (tertiary/aromatic N) is 3.